The second-order valence-electron chi connectivity index (χ2n) is 7.80. The van der Waals surface area contributed by atoms with Crippen LogP contribution >= 0.6 is 0 Å². The van der Waals surface area contributed by atoms with Crippen LogP contribution in [0.5, 0.6) is 0 Å². The zero-order chi connectivity index (χ0) is 17.3. The first kappa shape index (κ1) is 18.3. The molecule has 0 bridgehead atoms. The highest BCUT2D eigenvalue weighted by atomic mass is 32.2. The molecule has 0 amide bonds. The normalized spacial score (nSPS) is 18.1. The molecule has 0 saturated carbocycles. The van der Waals surface area contributed by atoms with Gasteiger partial charge in [0.05, 0.1) is 15.7 Å². The minimum Gasteiger partial charge on any atom is -0.381 e. The van der Waals surface area contributed by atoms with Crippen LogP contribution in [0.1, 0.15) is 53.2 Å². The quantitative estimate of drug-likeness (QED) is 0.884. The van der Waals surface area contributed by atoms with E-state index in [2.05, 4.69) is 10.5 Å². The van der Waals surface area contributed by atoms with Crippen LogP contribution in [-0.4, -0.2) is 43.3 Å². The van der Waals surface area contributed by atoms with Crippen molar-refractivity contribution in [2.75, 3.05) is 25.1 Å². The maximum Gasteiger partial charge on any atom is 0.224 e. The summed E-state index contributed by atoms with van der Waals surface area (Å²) in [6.45, 7) is 11.0. The molecule has 7 heteroatoms. The Bertz CT molecular complexity index is 623. The van der Waals surface area contributed by atoms with Crippen LogP contribution in [-0.2, 0) is 20.0 Å². The summed E-state index contributed by atoms with van der Waals surface area (Å²) in [4.78, 5) is 0. The summed E-state index contributed by atoms with van der Waals surface area (Å²) in [5.41, 5.74) is 0.734. The highest BCUT2D eigenvalue weighted by molar-refractivity contribution is 7.93. The van der Waals surface area contributed by atoms with Crippen LogP contribution in [0.25, 0.3) is 0 Å². The minimum atomic E-state index is -3.26. The molecular formula is C16H28N2O4S. The molecule has 0 spiro atoms. The van der Waals surface area contributed by atoms with Crippen LogP contribution < -0.4 is 5.32 Å². The molecule has 1 aliphatic heterocycles. The first-order valence-electron chi connectivity index (χ1n) is 8.06. The highest BCUT2D eigenvalue weighted by Crippen LogP contribution is 2.29. The molecule has 1 aromatic rings. The van der Waals surface area contributed by atoms with Gasteiger partial charge in [-0.2, -0.15) is 0 Å². The van der Waals surface area contributed by atoms with E-state index in [0.29, 0.717) is 31.9 Å². The Morgan fingerprint density at radius 2 is 1.83 bits per heavy atom. The molecule has 1 fully saturated rings. The summed E-state index contributed by atoms with van der Waals surface area (Å²) in [5.74, 6) is 0.505. The zero-order valence-electron chi connectivity index (χ0n) is 14.7. The third kappa shape index (κ3) is 4.07. The van der Waals surface area contributed by atoms with Gasteiger partial charge in [0.2, 0.25) is 5.88 Å². The van der Waals surface area contributed by atoms with Crippen molar-refractivity contribution in [1.29, 1.82) is 0 Å². The van der Waals surface area contributed by atoms with Gasteiger partial charge in [0, 0.05) is 31.2 Å². The molecule has 0 unspecified atom stereocenters. The summed E-state index contributed by atoms with van der Waals surface area (Å²) in [6, 6.07) is 1.83. The van der Waals surface area contributed by atoms with Crippen molar-refractivity contribution in [1.82, 2.24) is 5.16 Å². The summed E-state index contributed by atoms with van der Waals surface area (Å²) in [7, 11) is -3.26. The third-order valence-corrected chi connectivity index (χ3v) is 7.38. The maximum atomic E-state index is 12.9. The lowest BCUT2D eigenvalue weighted by molar-refractivity contribution is 0.0980. The maximum absolute atomic E-state index is 12.9. The van der Waals surface area contributed by atoms with Crippen molar-refractivity contribution in [3.05, 3.63) is 11.8 Å². The fraction of sp³-hybridized carbons (Fsp3) is 0.812. The smallest absolute Gasteiger partial charge is 0.224 e. The fourth-order valence-electron chi connectivity index (χ4n) is 2.55. The Morgan fingerprint density at radius 3 is 2.35 bits per heavy atom. The molecule has 2 heterocycles. The van der Waals surface area contributed by atoms with Crippen molar-refractivity contribution in [3.8, 4) is 0 Å². The van der Waals surface area contributed by atoms with Crippen LogP contribution in [0.3, 0.4) is 0 Å². The number of nitrogens with zero attached hydrogens (tertiary/aromatic N) is 1. The van der Waals surface area contributed by atoms with Crippen molar-refractivity contribution in [2.24, 2.45) is 0 Å². The van der Waals surface area contributed by atoms with E-state index in [0.717, 1.165) is 5.69 Å². The Kier molecular flexibility index (Phi) is 5.11. The first-order chi connectivity index (χ1) is 10.5. The van der Waals surface area contributed by atoms with E-state index in [9.17, 15) is 8.42 Å². The third-order valence-electron chi connectivity index (χ3n) is 4.34. The molecule has 1 saturated heterocycles. The van der Waals surface area contributed by atoms with E-state index in [4.69, 9.17) is 9.26 Å². The molecule has 0 aromatic carbocycles. The Labute approximate surface area is 138 Å². The molecular weight excluding hydrogens is 316 g/mol. The lowest BCUT2D eigenvalue weighted by Crippen LogP contribution is -2.46. The second kappa shape index (κ2) is 6.43. The number of anilines is 1. The predicted molar refractivity (Wildman–Crippen MR) is 90.5 cm³/mol. The number of aromatic nitrogens is 1. The minimum absolute atomic E-state index is 0.104. The first-order valence-corrected chi connectivity index (χ1v) is 9.61. The molecule has 0 atom stereocenters. The van der Waals surface area contributed by atoms with E-state index in [-0.39, 0.29) is 17.2 Å². The van der Waals surface area contributed by atoms with E-state index >= 15 is 0 Å². The van der Waals surface area contributed by atoms with Crippen molar-refractivity contribution < 1.29 is 17.7 Å². The van der Waals surface area contributed by atoms with E-state index in [1.54, 1.807) is 13.8 Å². The van der Waals surface area contributed by atoms with Crippen molar-refractivity contribution >= 4 is 15.7 Å². The van der Waals surface area contributed by atoms with Gasteiger partial charge >= 0.3 is 0 Å². The van der Waals surface area contributed by atoms with Gasteiger partial charge in [0.25, 0.3) is 0 Å². The van der Waals surface area contributed by atoms with E-state index in [1.807, 2.05) is 26.8 Å². The molecule has 132 valence electrons. The highest BCUT2D eigenvalue weighted by Gasteiger charge is 2.41. The fourth-order valence-corrected chi connectivity index (χ4v) is 4.54. The van der Waals surface area contributed by atoms with Gasteiger partial charge in [-0.05, 0) is 26.7 Å². The molecule has 6 nitrogen and oxygen atoms in total. The van der Waals surface area contributed by atoms with Crippen LogP contribution in [0.2, 0.25) is 0 Å². The second-order valence-corrected chi connectivity index (χ2v) is 10.7. The summed E-state index contributed by atoms with van der Waals surface area (Å²) in [5, 5.41) is 6.79. The summed E-state index contributed by atoms with van der Waals surface area (Å²) in [6.07, 6.45) is 1.14. The Morgan fingerprint density at radius 1 is 1.22 bits per heavy atom. The molecule has 0 radical (unpaired) electrons. The number of sulfone groups is 1. The average molecular weight is 344 g/mol. The summed E-state index contributed by atoms with van der Waals surface area (Å²) < 4.78 is 35.4. The standard InChI is InChI=1S/C16H28N2O4S/c1-15(2,3)13-10-14(22-18-13)17-11-16(4,5)23(19,20)12-6-8-21-9-7-12/h10,12,17H,6-9,11H2,1-5H3. The van der Waals surface area contributed by atoms with Crippen LogP contribution in [0.4, 0.5) is 5.88 Å². The van der Waals surface area contributed by atoms with Crippen molar-refractivity contribution in [3.63, 3.8) is 0 Å². The lowest BCUT2D eigenvalue weighted by atomic mass is 9.92. The predicted octanol–water partition coefficient (Wildman–Crippen LogP) is 2.76. The number of nitrogens with one attached hydrogen (secondary N) is 1. The van der Waals surface area contributed by atoms with E-state index in [1.165, 1.54) is 0 Å². The monoisotopic (exact) mass is 344 g/mol. The van der Waals surface area contributed by atoms with Crippen LogP contribution in [0.15, 0.2) is 10.6 Å². The number of ether oxygens (including phenoxy) is 1. The topological polar surface area (TPSA) is 81.4 Å². The van der Waals surface area contributed by atoms with Gasteiger partial charge in [-0.25, -0.2) is 8.42 Å². The molecule has 1 aromatic heterocycles. The summed E-state index contributed by atoms with van der Waals surface area (Å²) >= 11 is 0. The number of rotatable bonds is 5. The van der Waals surface area contributed by atoms with Gasteiger partial charge in [-0.15, -0.1) is 0 Å². The van der Waals surface area contributed by atoms with Gasteiger partial charge in [0.15, 0.2) is 9.84 Å². The van der Waals surface area contributed by atoms with Crippen molar-refractivity contribution in [2.45, 2.75) is 62.9 Å². The molecule has 1 N–H and O–H groups in total. The van der Waals surface area contributed by atoms with Gasteiger partial charge in [-0.1, -0.05) is 25.9 Å². The van der Waals surface area contributed by atoms with Gasteiger partial charge in [0.1, 0.15) is 0 Å². The molecule has 2 rings (SSSR count). The average Bonchev–Trinajstić information content (AvgIpc) is 2.95. The lowest BCUT2D eigenvalue weighted by Gasteiger charge is -2.32. The van der Waals surface area contributed by atoms with Gasteiger partial charge < -0.3 is 14.6 Å². The molecule has 23 heavy (non-hydrogen) atoms. The number of hydrogen-bond acceptors (Lipinski definition) is 6. The number of hydrogen-bond donors (Lipinski definition) is 1. The Balaban J connectivity index is 2.04. The van der Waals surface area contributed by atoms with Crippen LogP contribution in [0, 0.1) is 0 Å². The zero-order valence-corrected chi connectivity index (χ0v) is 15.5. The largest absolute Gasteiger partial charge is 0.381 e. The van der Waals surface area contributed by atoms with E-state index < -0.39 is 14.6 Å². The van der Waals surface area contributed by atoms with Gasteiger partial charge in [-0.3, -0.25) is 0 Å². The molecule has 1 aliphatic rings. The molecule has 0 aliphatic carbocycles. The SMILES string of the molecule is CC(C)(C)c1cc(NCC(C)(C)S(=O)(=O)C2CCOCC2)on1. The Hall–Kier alpha value is -1.08.